The molecule has 26 heavy (non-hydrogen) atoms. The summed E-state index contributed by atoms with van der Waals surface area (Å²) in [7, 11) is 0. The Kier molecular flexibility index (Phi) is 5.30. The zero-order valence-electron chi connectivity index (χ0n) is 14.1. The number of ether oxygens (including phenoxy) is 1. The number of anilines is 1. The van der Waals surface area contributed by atoms with Gasteiger partial charge in [0.25, 0.3) is 5.91 Å². The predicted octanol–water partition coefficient (Wildman–Crippen LogP) is 3.96. The van der Waals surface area contributed by atoms with Crippen LogP contribution in [0.4, 0.5) is 14.5 Å². The number of hydrogen-bond donors (Lipinski definition) is 1. The van der Waals surface area contributed by atoms with Gasteiger partial charge in [-0.05, 0) is 30.5 Å². The summed E-state index contributed by atoms with van der Waals surface area (Å²) in [5.41, 5.74) is -0.158. The SMILES string of the molecule is O=C(COC(=O)C1(c2ccccc2)CCCC1)Nc1cc(F)ccc1F. The third-order valence-corrected chi connectivity index (χ3v) is 4.71. The van der Waals surface area contributed by atoms with Gasteiger partial charge in [0.2, 0.25) is 0 Å². The van der Waals surface area contributed by atoms with E-state index in [0.29, 0.717) is 12.8 Å². The Labute approximate surface area is 150 Å². The molecular formula is C20H19F2NO3. The number of halogens is 2. The maximum atomic E-state index is 13.6. The first-order chi connectivity index (χ1) is 12.5. The molecule has 0 aromatic heterocycles. The van der Waals surface area contributed by atoms with Crippen molar-refractivity contribution < 1.29 is 23.1 Å². The number of hydrogen-bond acceptors (Lipinski definition) is 3. The molecule has 1 amide bonds. The van der Waals surface area contributed by atoms with Gasteiger partial charge in [-0.25, -0.2) is 8.78 Å². The molecule has 0 saturated heterocycles. The van der Waals surface area contributed by atoms with E-state index in [4.69, 9.17) is 4.74 Å². The number of carbonyl (C=O) groups is 2. The van der Waals surface area contributed by atoms with E-state index in [1.807, 2.05) is 30.3 Å². The van der Waals surface area contributed by atoms with E-state index in [-0.39, 0.29) is 5.69 Å². The molecule has 0 radical (unpaired) electrons. The van der Waals surface area contributed by atoms with E-state index in [2.05, 4.69) is 5.32 Å². The first kappa shape index (κ1) is 18.0. The van der Waals surface area contributed by atoms with Crippen molar-refractivity contribution in [2.75, 3.05) is 11.9 Å². The van der Waals surface area contributed by atoms with Crippen LogP contribution in [-0.4, -0.2) is 18.5 Å². The number of carbonyl (C=O) groups excluding carboxylic acids is 2. The lowest BCUT2D eigenvalue weighted by Crippen LogP contribution is -2.36. The molecule has 2 aromatic carbocycles. The van der Waals surface area contributed by atoms with E-state index in [0.717, 1.165) is 36.6 Å². The molecule has 136 valence electrons. The standard InChI is InChI=1S/C20H19F2NO3/c21-15-8-9-16(22)17(12-15)23-18(24)13-26-19(25)20(10-4-5-11-20)14-6-2-1-3-7-14/h1-3,6-9,12H,4-5,10-11,13H2,(H,23,24). The third-order valence-electron chi connectivity index (χ3n) is 4.71. The fourth-order valence-corrected chi connectivity index (χ4v) is 3.40. The molecule has 4 nitrogen and oxygen atoms in total. The second-order valence-corrected chi connectivity index (χ2v) is 6.40. The molecule has 1 saturated carbocycles. The van der Waals surface area contributed by atoms with Gasteiger partial charge >= 0.3 is 5.97 Å². The lowest BCUT2D eigenvalue weighted by molar-refractivity contribution is -0.153. The second-order valence-electron chi connectivity index (χ2n) is 6.40. The van der Waals surface area contributed by atoms with Gasteiger partial charge in [0.15, 0.2) is 6.61 Å². The molecule has 1 aliphatic carbocycles. The Morgan fingerprint density at radius 3 is 2.42 bits per heavy atom. The lowest BCUT2D eigenvalue weighted by Gasteiger charge is -2.27. The van der Waals surface area contributed by atoms with Crippen molar-refractivity contribution in [3.05, 3.63) is 65.7 Å². The highest BCUT2D eigenvalue weighted by Crippen LogP contribution is 2.42. The topological polar surface area (TPSA) is 55.4 Å². The van der Waals surface area contributed by atoms with Crippen molar-refractivity contribution in [2.24, 2.45) is 0 Å². The predicted molar refractivity (Wildman–Crippen MR) is 92.5 cm³/mol. The van der Waals surface area contributed by atoms with Crippen LogP contribution in [0.2, 0.25) is 0 Å². The van der Waals surface area contributed by atoms with E-state index in [9.17, 15) is 18.4 Å². The van der Waals surface area contributed by atoms with Crippen LogP contribution in [0.3, 0.4) is 0 Å². The van der Waals surface area contributed by atoms with Gasteiger partial charge in [0.05, 0.1) is 11.1 Å². The minimum atomic E-state index is -0.761. The summed E-state index contributed by atoms with van der Waals surface area (Å²) in [6.45, 7) is -0.552. The van der Waals surface area contributed by atoms with Crippen LogP contribution in [0.5, 0.6) is 0 Å². The zero-order valence-corrected chi connectivity index (χ0v) is 14.1. The van der Waals surface area contributed by atoms with Gasteiger partial charge in [-0.15, -0.1) is 0 Å². The van der Waals surface area contributed by atoms with Crippen molar-refractivity contribution in [1.29, 1.82) is 0 Å². The number of esters is 1. The lowest BCUT2D eigenvalue weighted by atomic mass is 9.79. The van der Waals surface area contributed by atoms with E-state index < -0.39 is 35.5 Å². The van der Waals surface area contributed by atoms with Crippen molar-refractivity contribution in [2.45, 2.75) is 31.1 Å². The van der Waals surface area contributed by atoms with Crippen molar-refractivity contribution in [3.8, 4) is 0 Å². The normalized spacial score (nSPS) is 15.5. The van der Waals surface area contributed by atoms with Crippen LogP contribution in [-0.2, 0) is 19.7 Å². The molecular weight excluding hydrogens is 340 g/mol. The van der Waals surface area contributed by atoms with Crippen molar-refractivity contribution in [3.63, 3.8) is 0 Å². The molecule has 6 heteroatoms. The van der Waals surface area contributed by atoms with Gasteiger partial charge < -0.3 is 10.1 Å². The highest BCUT2D eigenvalue weighted by molar-refractivity contribution is 5.94. The first-order valence-electron chi connectivity index (χ1n) is 8.49. The van der Waals surface area contributed by atoms with Crippen LogP contribution in [0, 0.1) is 11.6 Å². The van der Waals surface area contributed by atoms with E-state index >= 15 is 0 Å². The van der Waals surface area contributed by atoms with Crippen LogP contribution in [0.25, 0.3) is 0 Å². The number of amides is 1. The van der Waals surface area contributed by atoms with Gasteiger partial charge in [0, 0.05) is 6.07 Å². The maximum absolute atomic E-state index is 13.6. The first-order valence-corrected chi connectivity index (χ1v) is 8.49. The van der Waals surface area contributed by atoms with Gasteiger partial charge in [0.1, 0.15) is 11.6 Å². The Morgan fingerprint density at radius 1 is 1.04 bits per heavy atom. The summed E-state index contributed by atoms with van der Waals surface area (Å²) in [6, 6.07) is 12.1. The summed E-state index contributed by atoms with van der Waals surface area (Å²) >= 11 is 0. The molecule has 1 fully saturated rings. The molecule has 0 unspecified atom stereocenters. The summed E-state index contributed by atoms with van der Waals surface area (Å²) in [5.74, 6) is -2.62. The Hall–Kier alpha value is -2.76. The zero-order chi connectivity index (χ0) is 18.6. The molecule has 2 aromatic rings. The fraction of sp³-hybridized carbons (Fsp3) is 0.300. The second kappa shape index (κ2) is 7.64. The molecule has 3 rings (SSSR count). The quantitative estimate of drug-likeness (QED) is 0.822. The highest BCUT2D eigenvalue weighted by atomic mass is 19.1. The third kappa shape index (κ3) is 3.74. The van der Waals surface area contributed by atoms with Crippen molar-refractivity contribution in [1.82, 2.24) is 0 Å². The molecule has 0 bridgehead atoms. The summed E-state index contributed by atoms with van der Waals surface area (Å²) < 4.78 is 31.9. The van der Waals surface area contributed by atoms with Crippen molar-refractivity contribution >= 4 is 17.6 Å². The Balaban J connectivity index is 1.65. The maximum Gasteiger partial charge on any atom is 0.317 e. The van der Waals surface area contributed by atoms with Gasteiger partial charge in [-0.1, -0.05) is 43.2 Å². The fourth-order valence-electron chi connectivity index (χ4n) is 3.40. The Morgan fingerprint density at radius 2 is 1.73 bits per heavy atom. The van der Waals surface area contributed by atoms with Gasteiger partial charge in [-0.2, -0.15) is 0 Å². The van der Waals surface area contributed by atoms with E-state index in [1.165, 1.54) is 0 Å². The Bertz CT molecular complexity index is 802. The molecule has 0 atom stereocenters. The summed E-state index contributed by atoms with van der Waals surface area (Å²) in [5, 5.41) is 2.22. The average Bonchev–Trinajstić information content (AvgIpc) is 3.15. The monoisotopic (exact) mass is 359 g/mol. The van der Waals surface area contributed by atoms with Crippen LogP contribution in [0.1, 0.15) is 31.2 Å². The summed E-state index contributed by atoms with van der Waals surface area (Å²) in [4.78, 5) is 24.7. The van der Waals surface area contributed by atoms with Crippen LogP contribution in [0.15, 0.2) is 48.5 Å². The number of benzene rings is 2. The highest BCUT2D eigenvalue weighted by Gasteiger charge is 2.44. The molecule has 0 heterocycles. The van der Waals surface area contributed by atoms with E-state index in [1.54, 1.807) is 0 Å². The molecule has 0 aliphatic heterocycles. The average molecular weight is 359 g/mol. The smallest absolute Gasteiger partial charge is 0.317 e. The summed E-state index contributed by atoms with van der Waals surface area (Å²) in [6.07, 6.45) is 3.14. The molecule has 1 aliphatic rings. The number of rotatable bonds is 5. The molecule has 1 N–H and O–H groups in total. The number of nitrogens with one attached hydrogen (secondary N) is 1. The minimum Gasteiger partial charge on any atom is -0.455 e. The largest absolute Gasteiger partial charge is 0.455 e. The van der Waals surface area contributed by atoms with Crippen LogP contribution >= 0.6 is 0 Å². The van der Waals surface area contributed by atoms with Gasteiger partial charge in [-0.3, -0.25) is 9.59 Å². The minimum absolute atomic E-state index is 0.287. The molecule has 0 spiro atoms. The van der Waals surface area contributed by atoms with Crippen LogP contribution < -0.4 is 5.32 Å².